The lowest BCUT2D eigenvalue weighted by molar-refractivity contribution is 0.284. The smallest absolute Gasteiger partial charge is 0.162 e. The molecule has 0 atom stereocenters. The molecule has 0 aromatic heterocycles. The van der Waals surface area contributed by atoms with Crippen LogP contribution >= 0.6 is 27.5 Å². The van der Waals surface area contributed by atoms with Crippen molar-refractivity contribution in [1.29, 1.82) is 0 Å². The molecule has 140 valence electrons. The van der Waals surface area contributed by atoms with Crippen molar-refractivity contribution < 1.29 is 9.47 Å². The SMILES string of the molecule is COc1cc(CNC2CCCCC2)c(Br)cc1OCc1cccc(Cl)c1. The Balaban J connectivity index is 1.65. The number of ether oxygens (including phenoxy) is 2. The van der Waals surface area contributed by atoms with Crippen LogP contribution in [0.25, 0.3) is 0 Å². The molecular weight excluding hydrogens is 414 g/mol. The molecule has 0 unspecified atom stereocenters. The molecule has 0 heterocycles. The predicted molar refractivity (Wildman–Crippen MR) is 110 cm³/mol. The average molecular weight is 439 g/mol. The van der Waals surface area contributed by atoms with Gasteiger partial charge in [-0.2, -0.15) is 0 Å². The third-order valence-electron chi connectivity index (χ3n) is 4.80. The molecular formula is C21H25BrClNO2. The zero-order chi connectivity index (χ0) is 18.4. The van der Waals surface area contributed by atoms with Gasteiger partial charge in [-0.1, -0.05) is 58.9 Å². The van der Waals surface area contributed by atoms with Crippen molar-refractivity contribution in [3.63, 3.8) is 0 Å². The average Bonchev–Trinajstić information content (AvgIpc) is 2.66. The molecule has 0 aliphatic heterocycles. The van der Waals surface area contributed by atoms with E-state index < -0.39 is 0 Å². The van der Waals surface area contributed by atoms with E-state index in [2.05, 4.69) is 21.2 Å². The van der Waals surface area contributed by atoms with Crippen LogP contribution in [0.3, 0.4) is 0 Å². The lowest BCUT2D eigenvalue weighted by Crippen LogP contribution is -2.30. The lowest BCUT2D eigenvalue weighted by atomic mass is 9.95. The van der Waals surface area contributed by atoms with Gasteiger partial charge in [0.1, 0.15) is 6.61 Å². The summed E-state index contributed by atoms with van der Waals surface area (Å²) in [6.45, 7) is 1.28. The molecule has 1 saturated carbocycles. The maximum absolute atomic E-state index is 6.04. The van der Waals surface area contributed by atoms with Gasteiger partial charge >= 0.3 is 0 Å². The Morgan fingerprint density at radius 3 is 2.65 bits per heavy atom. The molecule has 2 aromatic carbocycles. The Labute approximate surface area is 169 Å². The van der Waals surface area contributed by atoms with E-state index in [9.17, 15) is 0 Å². The number of nitrogens with one attached hydrogen (secondary N) is 1. The van der Waals surface area contributed by atoms with Crippen LogP contribution in [0.1, 0.15) is 43.2 Å². The van der Waals surface area contributed by atoms with E-state index in [1.165, 1.54) is 37.7 Å². The minimum absolute atomic E-state index is 0.447. The highest BCUT2D eigenvalue weighted by Crippen LogP contribution is 2.34. The molecule has 3 rings (SSSR count). The molecule has 2 aromatic rings. The van der Waals surface area contributed by atoms with E-state index in [0.29, 0.717) is 17.7 Å². The quantitative estimate of drug-likeness (QED) is 0.565. The van der Waals surface area contributed by atoms with Crippen molar-refractivity contribution in [2.45, 2.75) is 51.3 Å². The highest BCUT2D eigenvalue weighted by Gasteiger charge is 2.15. The van der Waals surface area contributed by atoms with Gasteiger partial charge in [-0.25, -0.2) is 0 Å². The summed E-state index contributed by atoms with van der Waals surface area (Å²) in [6.07, 6.45) is 6.58. The molecule has 1 aliphatic carbocycles. The normalized spacial score (nSPS) is 15.0. The van der Waals surface area contributed by atoms with Crippen LogP contribution in [0.15, 0.2) is 40.9 Å². The predicted octanol–water partition coefficient (Wildman–Crippen LogP) is 6.11. The third-order valence-corrected chi connectivity index (χ3v) is 5.78. The fourth-order valence-corrected chi connectivity index (χ4v) is 4.01. The van der Waals surface area contributed by atoms with Crippen LogP contribution in [0, 0.1) is 0 Å². The summed E-state index contributed by atoms with van der Waals surface area (Å²) >= 11 is 9.71. The highest BCUT2D eigenvalue weighted by atomic mass is 79.9. The van der Waals surface area contributed by atoms with E-state index >= 15 is 0 Å². The first kappa shape index (κ1) is 19.5. The van der Waals surface area contributed by atoms with Crippen molar-refractivity contribution >= 4 is 27.5 Å². The topological polar surface area (TPSA) is 30.5 Å². The monoisotopic (exact) mass is 437 g/mol. The first-order valence-electron chi connectivity index (χ1n) is 9.13. The highest BCUT2D eigenvalue weighted by molar-refractivity contribution is 9.10. The first-order valence-corrected chi connectivity index (χ1v) is 10.3. The van der Waals surface area contributed by atoms with Crippen LogP contribution in [0.5, 0.6) is 11.5 Å². The second kappa shape index (κ2) is 9.63. The largest absolute Gasteiger partial charge is 0.493 e. The summed E-state index contributed by atoms with van der Waals surface area (Å²) in [7, 11) is 1.67. The van der Waals surface area contributed by atoms with Crippen LogP contribution in [-0.2, 0) is 13.2 Å². The fraction of sp³-hybridized carbons (Fsp3) is 0.429. The van der Waals surface area contributed by atoms with Gasteiger partial charge in [0.15, 0.2) is 11.5 Å². The number of methoxy groups -OCH3 is 1. The van der Waals surface area contributed by atoms with E-state index in [1.54, 1.807) is 7.11 Å². The molecule has 5 heteroatoms. The number of hydrogen-bond donors (Lipinski definition) is 1. The van der Waals surface area contributed by atoms with E-state index in [-0.39, 0.29) is 0 Å². The number of benzene rings is 2. The van der Waals surface area contributed by atoms with E-state index in [1.807, 2.05) is 36.4 Å². The maximum atomic E-state index is 6.04. The van der Waals surface area contributed by atoms with Crippen molar-refractivity contribution in [2.24, 2.45) is 0 Å². The standard InChI is InChI=1S/C21H25BrClNO2/c1-25-20-11-16(13-24-18-8-3-2-4-9-18)19(22)12-21(20)26-14-15-6-5-7-17(23)10-15/h5-7,10-12,18,24H,2-4,8-9,13-14H2,1H3. The fourth-order valence-electron chi connectivity index (χ4n) is 3.33. The van der Waals surface area contributed by atoms with Gasteiger partial charge in [-0.15, -0.1) is 0 Å². The molecule has 0 bridgehead atoms. The minimum Gasteiger partial charge on any atom is -0.493 e. The third kappa shape index (κ3) is 5.38. The molecule has 3 nitrogen and oxygen atoms in total. The minimum atomic E-state index is 0.447. The second-order valence-electron chi connectivity index (χ2n) is 6.73. The Kier molecular flexibility index (Phi) is 7.23. The van der Waals surface area contributed by atoms with Crippen molar-refractivity contribution in [3.05, 3.63) is 57.0 Å². The molecule has 0 saturated heterocycles. The Morgan fingerprint density at radius 2 is 1.92 bits per heavy atom. The molecule has 0 radical (unpaired) electrons. The van der Waals surface area contributed by atoms with Gasteiger partial charge in [0.05, 0.1) is 7.11 Å². The maximum Gasteiger partial charge on any atom is 0.162 e. The summed E-state index contributed by atoms with van der Waals surface area (Å²) in [4.78, 5) is 0. The van der Waals surface area contributed by atoms with Gasteiger partial charge in [-0.05, 0) is 48.2 Å². The Bertz CT molecular complexity index is 732. The molecule has 26 heavy (non-hydrogen) atoms. The van der Waals surface area contributed by atoms with Gasteiger partial charge in [0.25, 0.3) is 0 Å². The van der Waals surface area contributed by atoms with E-state index in [4.69, 9.17) is 21.1 Å². The van der Waals surface area contributed by atoms with Crippen LogP contribution in [-0.4, -0.2) is 13.2 Å². The molecule has 1 aliphatic rings. The van der Waals surface area contributed by atoms with Crippen LogP contribution < -0.4 is 14.8 Å². The zero-order valence-electron chi connectivity index (χ0n) is 15.1. The van der Waals surface area contributed by atoms with Crippen molar-refractivity contribution in [3.8, 4) is 11.5 Å². The first-order chi connectivity index (χ1) is 12.7. The summed E-state index contributed by atoms with van der Waals surface area (Å²) < 4.78 is 12.5. The van der Waals surface area contributed by atoms with Crippen molar-refractivity contribution in [1.82, 2.24) is 5.32 Å². The van der Waals surface area contributed by atoms with Gasteiger partial charge in [0, 0.05) is 22.1 Å². The molecule has 0 spiro atoms. The summed E-state index contributed by atoms with van der Waals surface area (Å²) in [6, 6.07) is 12.3. The molecule has 0 amide bonds. The summed E-state index contributed by atoms with van der Waals surface area (Å²) in [5.41, 5.74) is 2.21. The number of hydrogen-bond acceptors (Lipinski definition) is 3. The number of halogens is 2. The van der Waals surface area contributed by atoms with Crippen LogP contribution in [0.2, 0.25) is 5.02 Å². The summed E-state index contributed by atoms with van der Waals surface area (Å²) in [5.74, 6) is 1.47. The molecule has 1 N–H and O–H groups in total. The van der Waals surface area contributed by atoms with Crippen LogP contribution in [0.4, 0.5) is 0 Å². The van der Waals surface area contributed by atoms with Gasteiger partial charge in [0.2, 0.25) is 0 Å². The summed E-state index contributed by atoms with van der Waals surface area (Å²) in [5, 5.41) is 4.38. The number of rotatable bonds is 7. The Morgan fingerprint density at radius 1 is 1.12 bits per heavy atom. The molecule has 1 fully saturated rings. The van der Waals surface area contributed by atoms with Gasteiger partial charge in [-0.3, -0.25) is 0 Å². The lowest BCUT2D eigenvalue weighted by Gasteiger charge is -2.23. The zero-order valence-corrected chi connectivity index (χ0v) is 17.4. The van der Waals surface area contributed by atoms with Gasteiger partial charge < -0.3 is 14.8 Å². The van der Waals surface area contributed by atoms with Crippen molar-refractivity contribution in [2.75, 3.05) is 7.11 Å². The van der Waals surface area contributed by atoms with E-state index in [0.717, 1.165) is 28.1 Å². The second-order valence-corrected chi connectivity index (χ2v) is 8.02. The Hall–Kier alpha value is -1.23.